The first kappa shape index (κ1) is 8.52. The Kier molecular flexibility index (Phi) is 2.28. The van der Waals surface area contributed by atoms with Gasteiger partial charge in [-0.3, -0.25) is 4.79 Å². The minimum absolute atomic E-state index is 0.183. The minimum Gasteiger partial charge on any atom is -0.464 e. The van der Waals surface area contributed by atoms with Gasteiger partial charge in [-0.25, -0.2) is 4.79 Å². The molecule has 0 unspecified atom stereocenters. The topological polar surface area (TPSA) is 59.2 Å². The number of aromatic amines is 1. The van der Waals surface area contributed by atoms with Crippen molar-refractivity contribution in [1.29, 1.82) is 0 Å². The Morgan fingerprint density at radius 1 is 1.50 bits per heavy atom. The number of aryl methyl sites for hydroxylation is 1. The van der Waals surface area contributed by atoms with E-state index >= 15 is 0 Å². The monoisotopic (exact) mass is 167 g/mol. The molecule has 1 aromatic heterocycles. The summed E-state index contributed by atoms with van der Waals surface area (Å²) >= 11 is 0. The second kappa shape index (κ2) is 3.21. The molecule has 1 N–H and O–H groups in total. The lowest BCUT2D eigenvalue weighted by Gasteiger charge is -1.98. The Morgan fingerprint density at radius 2 is 2.17 bits per heavy atom. The van der Waals surface area contributed by atoms with Gasteiger partial charge in [0.05, 0.1) is 7.11 Å². The lowest BCUT2D eigenvalue weighted by atomic mass is 10.2. The molecule has 0 aliphatic carbocycles. The largest absolute Gasteiger partial charge is 0.464 e. The van der Waals surface area contributed by atoms with Crippen molar-refractivity contribution < 1.29 is 9.53 Å². The maximum absolute atomic E-state index is 10.9. The molecule has 4 nitrogen and oxygen atoms in total. The second-order valence-corrected chi connectivity index (χ2v) is 2.43. The first-order valence-electron chi connectivity index (χ1n) is 3.43. The molecular formula is C8H9NO3. The molecule has 1 heterocycles. The number of pyridine rings is 1. The van der Waals surface area contributed by atoms with Gasteiger partial charge in [-0.15, -0.1) is 0 Å². The molecule has 1 rings (SSSR count). The van der Waals surface area contributed by atoms with E-state index in [1.54, 1.807) is 13.0 Å². The van der Waals surface area contributed by atoms with Crippen LogP contribution in [0.2, 0.25) is 0 Å². The molecule has 12 heavy (non-hydrogen) atoms. The Hall–Kier alpha value is -1.58. The van der Waals surface area contributed by atoms with Crippen molar-refractivity contribution in [3.8, 4) is 0 Å². The van der Waals surface area contributed by atoms with E-state index in [9.17, 15) is 9.59 Å². The molecule has 1 aromatic rings. The van der Waals surface area contributed by atoms with E-state index in [0.29, 0.717) is 0 Å². The van der Waals surface area contributed by atoms with Crippen LogP contribution in [0.5, 0.6) is 0 Å². The van der Waals surface area contributed by atoms with Crippen molar-refractivity contribution in [2.24, 2.45) is 0 Å². The molecule has 0 saturated carbocycles. The van der Waals surface area contributed by atoms with Crippen LogP contribution < -0.4 is 5.56 Å². The van der Waals surface area contributed by atoms with Gasteiger partial charge in [0.25, 0.3) is 0 Å². The van der Waals surface area contributed by atoms with Crippen LogP contribution in [0.1, 0.15) is 16.1 Å². The fourth-order valence-corrected chi connectivity index (χ4v) is 0.901. The Labute approximate surface area is 69.2 Å². The van der Waals surface area contributed by atoms with E-state index in [0.717, 1.165) is 5.56 Å². The van der Waals surface area contributed by atoms with Crippen LogP contribution in [-0.4, -0.2) is 18.1 Å². The first-order valence-corrected chi connectivity index (χ1v) is 3.43. The summed E-state index contributed by atoms with van der Waals surface area (Å²) < 4.78 is 4.44. The van der Waals surface area contributed by atoms with Gasteiger partial charge in [0.15, 0.2) is 0 Å². The predicted molar refractivity (Wildman–Crippen MR) is 43.1 cm³/mol. The Bertz CT molecular complexity index is 354. The quantitative estimate of drug-likeness (QED) is 0.618. The molecule has 0 aliphatic heterocycles. The maximum Gasteiger partial charge on any atom is 0.354 e. The van der Waals surface area contributed by atoms with Gasteiger partial charge in [0.2, 0.25) is 5.56 Å². The zero-order chi connectivity index (χ0) is 9.14. The molecule has 64 valence electrons. The molecule has 0 radical (unpaired) electrons. The summed E-state index contributed by atoms with van der Waals surface area (Å²) in [5, 5.41) is 0. The van der Waals surface area contributed by atoms with Crippen LogP contribution >= 0.6 is 0 Å². The number of ether oxygens (including phenoxy) is 1. The molecule has 0 aromatic carbocycles. The molecule has 0 saturated heterocycles. The predicted octanol–water partition coefficient (Wildman–Crippen LogP) is 0.470. The first-order chi connectivity index (χ1) is 5.63. The standard InChI is InChI=1S/C8H9NO3/c1-5-3-6(8(11)12-2)9-7(10)4-5/h3-4H,1-2H3,(H,9,10). The zero-order valence-electron chi connectivity index (χ0n) is 6.88. The number of methoxy groups -OCH3 is 1. The summed E-state index contributed by atoms with van der Waals surface area (Å²) in [5.74, 6) is -0.532. The van der Waals surface area contributed by atoms with Gasteiger partial charge in [0, 0.05) is 6.07 Å². The number of nitrogens with one attached hydrogen (secondary N) is 1. The fourth-order valence-electron chi connectivity index (χ4n) is 0.901. The molecule has 0 amide bonds. The van der Waals surface area contributed by atoms with Gasteiger partial charge in [-0.1, -0.05) is 0 Å². The number of H-pyrrole nitrogens is 1. The summed E-state index contributed by atoms with van der Waals surface area (Å²) in [7, 11) is 1.27. The number of carbonyl (C=O) groups is 1. The number of carbonyl (C=O) groups excluding carboxylic acids is 1. The summed E-state index contributed by atoms with van der Waals surface area (Å²) in [4.78, 5) is 24.2. The van der Waals surface area contributed by atoms with Gasteiger partial charge >= 0.3 is 5.97 Å². The van der Waals surface area contributed by atoms with Gasteiger partial charge in [0.1, 0.15) is 5.69 Å². The normalized spacial score (nSPS) is 9.50. The van der Waals surface area contributed by atoms with E-state index < -0.39 is 5.97 Å². The highest BCUT2D eigenvalue weighted by Crippen LogP contribution is 1.97. The van der Waals surface area contributed by atoms with Crippen LogP contribution in [0.4, 0.5) is 0 Å². The maximum atomic E-state index is 10.9. The SMILES string of the molecule is COC(=O)c1cc(C)cc(=O)[nH]1. The van der Waals surface area contributed by atoms with E-state index in [-0.39, 0.29) is 11.3 Å². The highest BCUT2D eigenvalue weighted by Gasteiger charge is 2.05. The van der Waals surface area contributed by atoms with Crippen LogP contribution in [0.25, 0.3) is 0 Å². The third-order valence-electron chi connectivity index (χ3n) is 1.39. The summed E-state index contributed by atoms with van der Waals surface area (Å²) in [6.07, 6.45) is 0. The lowest BCUT2D eigenvalue weighted by molar-refractivity contribution is 0.0593. The molecular weight excluding hydrogens is 158 g/mol. The molecule has 0 bridgehead atoms. The molecule has 4 heteroatoms. The van der Waals surface area contributed by atoms with Gasteiger partial charge < -0.3 is 9.72 Å². The number of rotatable bonds is 1. The van der Waals surface area contributed by atoms with Crippen molar-refractivity contribution in [3.63, 3.8) is 0 Å². The number of hydrogen-bond acceptors (Lipinski definition) is 3. The average Bonchev–Trinajstić information content (AvgIpc) is 2.01. The van der Waals surface area contributed by atoms with Crippen LogP contribution in [0, 0.1) is 6.92 Å². The average molecular weight is 167 g/mol. The van der Waals surface area contributed by atoms with Crippen LogP contribution in [0.3, 0.4) is 0 Å². The highest BCUT2D eigenvalue weighted by molar-refractivity contribution is 5.87. The number of hydrogen-bond donors (Lipinski definition) is 1. The van der Waals surface area contributed by atoms with Crippen molar-refractivity contribution in [3.05, 3.63) is 33.7 Å². The van der Waals surface area contributed by atoms with E-state index in [4.69, 9.17) is 0 Å². The second-order valence-electron chi connectivity index (χ2n) is 2.43. The molecule has 0 spiro atoms. The van der Waals surface area contributed by atoms with Gasteiger partial charge in [-0.2, -0.15) is 0 Å². The van der Waals surface area contributed by atoms with Crippen molar-refractivity contribution in [1.82, 2.24) is 4.98 Å². The third kappa shape index (κ3) is 1.72. The van der Waals surface area contributed by atoms with E-state index in [2.05, 4.69) is 9.72 Å². The summed E-state index contributed by atoms with van der Waals surface area (Å²) in [6, 6.07) is 2.97. The molecule has 0 atom stereocenters. The molecule has 0 fully saturated rings. The fraction of sp³-hybridized carbons (Fsp3) is 0.250. The van der Waals surface area contributed by atoms with Crippen LogP contribution in [0.15, 0.2) is 16.9 Å². The number of aromatic nitrogens is 1. The third-order valence-corrected chi connectivity index (χ3v) is 1.39. The van der Waals surface area contributed by atoms with Crippen molar-refractivity contribution >= 4 is 5.97 Å². The Balaban J connectivity index is 3.17. The highest BCUT2D eigenvalue weighted by atomic mass is 16.5. The van der Waals surface area contributed by atoms with E-state index in [1.165, 1.54) is 13.2 Å². The molecule has 0 aliphatic rings. The van der Waals surface area contributed by atoms with Gasteiger partial charge in [-0.05, 0) is 18.6 Å². The minimum atomic E-state index is -0.532. The smallest absolute Gasteiger partial charge is 0.354 e. The van der Waals surface area contributed by atoms with Crippen molar-refractivity contribution in [2.45, 2.75) is 6.92 Å². The van der Waals surface area contributed by atoms with Crippen LogP contribution in [-0.2, 0) is 4.74 Å². The zero-order valence-corrected chi connectivity index (χ0v) is 6.88. The number of esters is 1. The lowest BCUT2D eigenvalue weighted by Crippen LogP contribution is -2.13. The summed E-state index contributed by atoms with van der Waals surface area (Å²) in [5.41, 5.74) is 0.622. The van der Waals surface area contributed by atoms with E-state index in [1.807, 2.05) is 0 Å². The van der Waals surface area contributed by atoms with Crippen molar-refractivity contribution in [2.75, 3.05) is 7.11 Å². The Morgan fingerprint density at radius 3 is 2.67 bits per heavy atom. The summed E-state index contributed by atoms with van der Waals surface area (Å²) in [6.45, 7) is 1.74.